The minimum atomic E-state index is 0. The van der Waals surface area contributed by atoms with E-state index in [2.05, 4.69) is 27.2 Å². The molecule has 0 unspecified atom stereocenters. The van der Waals surface area contributed by atoms with E-state index in [0.717, 1.165) is 58.8 Å². The number of nitrogens with zero attached hydrogens (tertiary/aromatic N) is 2. The molecular formula is C16H26BrN3O2. The quantitative estimate of drug-likeness (QED) is 0.409. The van der Waals surface area contributed by atoms with Gasteiger partial charge in [-0.05, 0) is 6.42 Å². The molecule has 2 heterocycles. The van der Waals surface area contributed by atoms with Crippen molar-refractivity contribution in [2.45, 2.75) is 25.8 Å². The number of rotatable bonds is 8. The summed E-state index contributed by atoms with van der Waals surface area (Å²) in [6.07, 6.45) is 6.71. The Morgan fingerprint density at radius 2 is 1.86 bits per heavy atom. The third-order valence-electron chi connectivity index (χ3n) is 3.70. The monoisotopic (exact) mass is 371 g/mol. The van der Waals surface area contributed by atoms with Gasteiger partial charge in [0.1, 0.15) is 6.54 Å². The average Bonchev–Trinajstić information content (AvgIpc) is 2.54. The molecule has 5 nitrogen and oxygen atoms in total. The van der Waals surface area contributed by atoms with Gasteiger partial charge in [0.05, 0.1) is 13.2 Å². The average molecular weight is 372 g/mol. The number of aromatic nitrogens is 1. The summed E-state index contributed by atoms with van der Waals surface area (Å²) in [5, 5.41) is 3.00. The summed E-state index contributed by atoms with van der Waals surface area (Å²) in [5.74, 6) is 0.168. The van der Waals surface area contributed by atoms with E-state index in [1.165, 1.54) is 0 Å². The minimum absolute atomic E-state index is 0. The van der Waals surface area contributed by atoms with E-state index in [1.807, 2.05) is 18.2 Å². The number of amides is 1. The van der Waals surface area contributed by atoms with Crippen LogP contribution in [0.25, 0.3) is 0 Å². The van der Waals surface area contributed by atoms with E-state index in [-0.39, 0.29) is 22.9 Å². The summed E-state index contributed by atoms with van der Waals surface area (Å²) in [6.45, 7) is 6.22. The Bertz CT molecular complexity index is 411. The fraction of sp³-hybridized carbons (Fsp3) is 0.625. The Morgan fingerprint density at radius 3 is 2.59 bits per heavy atom. The predicted molar refractivity (Wildman–Crippen MR) is 80.8 cm³/mol. The number of aryl methyl sites for hydroxylation is 1. The lowest BCUT2D eigenvalue weighted by Crippen LogP contribution is -3.00. The Balaban J connectivity index is 0.00000242. The van der Waals surface area contributed by atoms with Crippen LogP contribution in [0.3, 0.4) is 0 Å². The lowest BCUT2D eigenvalue weighted by Gasteiger charge is -2.26. The summed E-state index contributed by atoms with van der Waals surface area (Å²) in [6, 6.07) is 6.06. The number of hydrogen-bond acceptors (Lipinski definition) is 3. The molecule has 1 N–H and O–H groups in total. The van der Waals surface area contributed by atoms with E-state index >= 15 is 0 Å². The summed E-state index contributed by atoms with van der Waals surface area (Å²) in [5.41, 5.74) is 0. The van der Waals surface area contributed by atoms with Crippen LogP contribution in [-0.4, -0.2) is 50.2 Å². The predicted octanol–water partition coefficient (Wildman–Crippen LogP) is -2.40. The SMILES string of the molecule is O=C(CCCC[n+]1ccccc1)NCCN1CCOCC1.[Br-]. The number of nitrogens with one attached hydrogen (secondary N) is 1. The van der Waals surface area contributed by atoms with Crippen LogP contribution in [0.2, 0.25) is 0 Å². The fourth-order valence-corrected chi connectivity index (χ4v) is 2.43. The highest BCUT2D eigenvalue weighted by atomic mass is 79.9. The van der Waals surface area contributed by atoms with E-state index in [1.54, 1.807) is 0 Å². The lowest BCUT2D eigenvalue weighted by atomic mass is 10.2. The highest BCUT2D eigenvalue weighted by Gasteiger charge is 2.10. The topological polar surface area (TPSA) is 45.5 Å². The van der Waals surface area contributed by atoms with E-state index in [0.29, 0.717) is 6.42 Å². The smallest absolute Gasteiger partial charge is 0.220 e. The summed E-state index contributed by atoms with van der Waals surface area (Å²) in [4.78, 5) is 14.1. The maximum absolute atomic E-state index is 11.7. The second kappa shape index (κ2) is 11.6. The van der Waals surface area contributed by atoms with Crippen LogP contribution in [0.15, 0.2) is 30.6 Å². The van der Waals surface area contributed by atoms with Crippen LogP contribution in [0.5, 0.6) is 0 Å². The Hall–Kier alpha value is -0.980. The molecule has 22 heavy (non-hydrogen) atoms. The number of carbonyl (C=O) groups is 1. The molecule has 1 aliphatic rings. The molecule has 2 rings (SSSR count). The Kier molecular flexibility index (Phi) is 10.0. The number of pyridine rings is 1. The van der Waals surface area contributed by atoms with E-state index in [4.69, 9.17) is 4.74 Å². The number of hydrogen-bond donors (Lipinski definition) is 1. The summed E-state index contributed by atoms with van der Waals surface area (Å²) >= 11 is 0. The number of halogens is 1. The molecule has 0 spiro atoms. The van der Waals surface area contributed by atoms with Gasteiger partial charge >= 0.3 is 0 Å². The normalized spacial score (nSPS) is 15.1. The zero-order valence-electron chi connectivity index (χ0n) is 13.0. The van der Waals surface area contributed by atoms with Gasteiger partial charge in [-0.1, -0.05) is 6.07 Å². The van der Waals surface area contributed by atoms with Crippen molar-refractivity contribution >= 4 is 5.91 Å². The van der Waals surface area contributed by atoms with E-state index in [9.17, 15) is 4.79 Å². The van der Waals surface area contributed by atoms with Gasteiger partial charge in [0.25, 0.3) is 0 Å². The van der Waals surface area contributed by atoms with Crippen molar-refractivity contribution in [3.63, 3.8) is 0 Å². The number of carbonyl (C=O) groups excluding carboxylic acids is 1. The van der Waals surface area contributed by atoms with Gasteiger partial charge in [0.15, 0.2) is 12.4 Å². The summed E-state index contributed by atoms with van der Waals surface area (Å²) in [7, 11) is 0. The van der Waals surface area contributed by atoms with Crippen LogP contribution in [0.4, 0.5) is 0 Å². The van der Waals surface area contributed by atoms with Gasteiger partial charge in [-0.2, -0.15) is 0 Å². The van der Waals surface area contributed by atoms with Crippen molar-refractivity contribution in [2.24, 2.45) is 0 Å². The Labute approximate surface area is 143 Å². The van der Waals surface area contributed by atoms with Crippen molar-refractivity contribution in [1.82, 2.24) is 10.2 Å². The molecule has 1 amide bonds. The molecular weight excluding hydrogens is 346 g/mol. The first-order valence-electron chi connectivity index (χ1n) is 7.85. The van der Waals surface area contributed by atoms with Gasteiger partial charge in [0, 0.05) is 51.2 Å². The van der Waals surface area contributed by atoms with Crippen molar-refractivity contribution in [2.75, 3.05) is 39.4 Å². The van der Waals surface area contributed by atoms with Crippen LogP contribution in [0, 0.1) is 0 Å². The van der Waals surface area contributed by atoms with Gasteiger partial charge in [-0.3, -0.25) is 9.69 Å². The molecule has 124 valence electrons. The van der Waals surface area contributed by atoms with Crippen molar-refractivity contribution < 1.29 is 31.1 Å². The van der Waals surface area contributed by atoms with Crippen molar-refractivity contribution in [3.05, 3.63) is 30.6 Å². The number of morpholine rings is 1. The second-order valence-electron chi connectivity index (χ2n) is 5.37. The molecule has 1 aliphatic heterocycles. The standard InChI is InChI=1S/C16H25N3O2.BrH/c20-16(17-7-11-19-12-14-21-15-13-19)6-2-5-10-18-8-3-1-4-9-18;/h1,3-4,8-9H,2,5-7,10-15H2;1H. The highest BCUT2D eigenvalue weighted by Crippen LogP contribution is 1.97. The fourth-order valence-electron chi connectivity index (χ4n) is 2.43. The van der Waals surface area contributed by atoms with E-state index < -0.39 is 0 Å². The summed E-state index contributed by atoms with van der Waals surface area (Å²) < 4.78 is 7.45. The second-order valence-corrected chi connectivity index (χ2v) is 5.37. The van der Waals surface area contributed by atoms with Crippen molar-refractivity contribution in [3.8, 4) is 0 Å². The molecule has 1 aromatic rings. The lowest BCUT2D eigenvalue weighted by molar-refractivity contribution is -0.697. The van der Waals surface area contributed by atoms with Gasteiger partial charge in [-0.25, -0.2) is 4.57 Å². The molecule has 0 saturated carbocycles. The van der Waals surface area contributed by atoms with Gasteiger partial charge in [-0.15, -0.1) is 0 Å². The Morgan fingerprint density at radius 1 is 1.14 bits per heavy atom. The molecule has 0 aliphatic carbocycles. The third-order valence-corrected chi connectivity index (χ3v) is 3.70. The zero-order valence-corrected chi connectivity index (χ0v) is 14.6. The maximum Gasteiger partial charge on any atom is 0.220 e. The molecule has 1 saturated heterocycles. The highest BCUT2D eigenvalue weighted by molar-refractivity contribution is 5.75. The first-order valence-corrected chi connectivity index (χ1v) is 7.85. The molecule has 6 heteroatoms. The van der Waals surface area contributed by atoms with Crippen LogP contribution >= 0.6 is 0 Å². The largest absolute Gasteiger partial charge is 1.00 e. The van der Waals surface area contributed by atoms with Crippen molar-refractivity contribution in [1.29, 1.82) is 0 Å². The van der Waals surface area contributed by atoms with Gasteiger partial charge in [0.2, 0.25) is 5.91 Å². The molecule has 1 fully saturated rings. The van der Waals surface area contributed by atoms with Crippen LogP contribution in [-0.2, 0) is 16.1 Å². The minimum Gasteiger partial charge on any atom is -1.00 e. The van der Waals surface area contributed by atoms with Crippen LogP contribution in [0.1, 0.15) is 19.3 Å². The first kappa shape index (κ1) is 19.1. The molecule has 0 bridgehead atoms. The molecule has 0 atom stereocenters. The van der Waals surface area contributed by atoms with Crippen LogP contribution < -0.4 is 26.9 Å². The first-order chi connectivity index (χ1) is 10.3. The number of unbranched alkanes of at least 4 members (excludes halogenated alkanes) is 1. The molecule has 0 radical (unpaired) electrons. The van der Waals surface area contributed by atoms with Gasteiger partial charge < -0.3 is 27.0 Å². The molecule has 1 aromatic heterocycles. The third kappa shape index (κ3) is 7.87. The number of ether oxygens (including phenoxy) is 1. The zero-order chi connectivity index (χ0) is 14.8. The maximum atomic E-state index is 11.7. The molecule has 0 aromatic carbocycles.